The summed E-state index contributed by atoms with van der Waals surface area (Å²) < 4.78 is 5.88. The maximum absolute atomic E-state index is 12.3. The van der Waals surface area contributed by atoms with E-state index in [0.29, 0.717) is 17.1 Å². The maximum atomic E-state index is 12.3. The molecule has 0 radical (unpaired) electrons. The number of carbonyl (C=O) groups excluding carboxylic acids is 1. The third-order valence-electron chi connectivity index (χ3n) is 3.02. The molecule has 0 saturated carbocycles. The fraction of sp³-hybridized carbons (Fsp3) is 0.133. The van der Waals surface area contributed by atoms with Gasteiger partial charge in [0.2, 0.25) is 0 Å². The van der Waals surface area contributed by atoms with E-state index in [9.17, 15) is 9.90 Å². The van der Waals surface area contributed by atoms with E-state index in [-0.39, 0.29) is 11.3 Å². The number of rotatable bonds is 3. The number of benzene rings is 2. The monoisotopic (exact) mass is 350 g/mol. The number of carbonyl (C=O) groups is 1. The first kappa shape index (κ1) is 15.2. The van der Waals surface area contributed by atoms with Crippen molar-refractivity contribution >= 4 is 33.2 Å². The number of amides is 1. The van der Waals surface area contributed by atoms with Crippen molar-refractivity contribution in [1.29, 1.82) is 0 Å². The van der Waals surface area contributed by atoms with Gasteiger partial charge in [0.05, 0.1) is 24.0 Å². The van der Waals surface area contributed by atoms with Gasteiger partial charge in [0, 0.05) is 4.47 Å². The molecule has 2 rings (SSSR count). The second-order valence-electron chi connectivity index (χ2n) is 4.52. The van der Waals surface area contributed by atoms with Crippen molar-refractivity contribution < 1.29 is 14.6 Å². The molecule has 0 bridgehead atoms. The number of anilines is 2. The molecule has 0 aliphatic rings. The Bertz CT molecular complexity index is 678. The average molecular weight is 351 g/mol. The Morgan fingerprint density at radius 3 is 2.67 bits per heavy atom. The number of phenols is 1. The average Bonchev–Trinajstić information content (AvgIpc) is 2.43. The fourth-order valence-electron chi connectivity index (χ4n) is 1.94. The fourth-order valence-corrected chi connectivity index (χ4v) is 2.53. The Kier molecular flexibility index (Phi) is 4.37. The molecule has 2 aromatic carbocycles. The van der Waals surface area contributed by atoms with E-state index in [0.717, 1.165) is 10.0 Å². The van der Waals surface area contributed by atoms with Crippen molar-refractivity contribution in [1.82, 2.24) is 0 Å². The SMILES string of the molecule is COc1ccc(O)c(C(=O)Nc2c(C)cc(Br)cc2N)c1. The minimum absolute atomic E-state index is 0.121. The van der Waals surface area contributed by atoms with E-state index < -0.39 is 5.91 Å². The number of methoxy groups -OCH3 is 1. The van der Waals surface area contributed by atoms with Gasteiger partial charge in [-0.1, -0.05) is 15.9 Å². The molecule has 2 aromatic rings. The van der Waals surface area contributed by atoms with Crippen molar-refractivity contribution in [2.24, 2.45) is 0 Å². The van der Waals surface area contributed by atoms with E-state index in [1.165, 1.54) is 19.2 Å². The Labute approximate surface area is 130 Å². The van der Waals surface area contributed by atoms with Gasteiger partial charge in [-0.05, 0) is 42.8 Å². The molecular weight excluding hydrogens is 336 g/mol. The molecule has 0 atom stereocenters. The number of ether oxygens (including phenoxy) is 1. The van der Waals surface area contributed by atoms with Crippen molar-refractivity contribution in [2.75, 3.05) is 18.2 Å². The lowest BCUT2D eigenvalue weighted by molar-refractivity contribution is 0.102. The lowest BCUT2D eigenvalue weighted by Gasteiger charge is -2.13. The zero-order valence-corrected chi connectivity index (χ0v) is 13.2. The van der Waals surface area contributed by atoms with Crippen LogP contribution in [0.25, 0.3) is 0 Å². The highest BCUT2D eigenvalue weighted by molar-refractivity contribution is 9.10. The minimum atomic E-state index is -0.455. The van der Waals surface area contributed by atoms with E-state index >= 15 is 0 Å². The van der Waals surface area contributed by atoms with Gasteiger partial charge >= 0.3 is 0 Å². The maximum Gasteiger partial charge on any atom is 0.259 e. The van der Waals surface area contributed by atoms with Crippen molar-refractivity contribution in [3.8, 4) is 11.5 Å². The first-order chi connectivity index (χ1) is 9.92. The summed E-state index contributed by atoms with van der Waals surface area (Å²) in [4.78, 5) is 12.3. The highest BCUT2D eigenvalue weighted by Gasteiger charge is 2.15. The van der Waals surface area contributed by atoms with Crippen LogP contribution in [0.1, 0.15) is 15.9 Å². The molecule has 0 unspecified atom stereocenters. The zero-order valence-electron chi connectivity index (χ0n) is 11.6. The van der Waals surface area contributed by atoms with Crippen LogP contribution in [-0.4, -0.2) is 18.1 Å². The van der Waals surface area contributed by atoms with Gasteiger partial charge in [-0.15, -0.1) is 0 Å². The summed E-state index contributed by atoms with van der Waals surface area (Å²) in [6.07, 6.45) is 0. The number of aromatic hydroxyl groups is 1. The summed E-state index contributed by atoms with van der Waals surface area (Å²) >= 11 is 3.34. The molecule has 5 nitrogen and oxygen atoms in total. The summed E-state index contributed by atoms with van der Waals surface area (Å²) in [6, 6.07) is 8.00. The van der Waals surface area contributed by atoms with Gasteiger partial charge in [-0.25, -0.2) is 0 Å². The van der Waals surface area contributed by atoms with E-state index in [2.05, 4.69) is 21.2 Å². The quantitative estimate of drug-likeness (QED) is 0.741. The minimum Gasteiger partial charge on any atom is -0.507 e. The Morgan fingerprint density at radius 2 is 2.05 bits per heavy atom. The Balaban J connectivity index is 2.35. The molecule has 0 heterocycles. The van der Waals surface area contributed by atoms with Gasteiger partial charge < -0.3 is 20.9 Å². The molecule has 21 heavy (non-hydrogen) atoms. The van der Waals surface area contributed by atoms with Gasteiger partial charge in [0.1, 0.15) is 11.5 Å². The van der Waals surface area contributed by atoms with Crippen molar-refractivity contribution in [3.05, 3.63) is 45.9 Å². The second kappa shape index (κ2) is 6.05. The number of phenolic OH excluding ortho intramolecular Hbond substituents is 1. The second-order valence-corrected chi connectivity index (χ2v) is 5.44. The third kappa shape index (κ3) is 3.28. The summed E-state index contributed by atoms with van der Waals surface area (Å²) in [7, 11) is 1.49. The van der Waals surface area contributed by atoms with Crippen LogP contribution in [0, 0.1) is 6.92 Å². The molecule has 6 heteroatoms. The highest BCUT2D eigenvalue weighted by Crippen LogP contribution is 2.30. The normalized spacial score (nSPS) is 10.2. The molecule has 0 aromatic heterocycles. The van der Waals surface area contributed by atoms with Gasteiger partial charge in [0.25, 0.3) is 5.91 Å². The lowest BCUT2D eigenvalue weighted by Crippen LogP contribution is -2.14. The molecule has 0 saturated heterocycles. The molecule has 4 N–H and O–H groups in total. The predicted octanol–water partition coefficient (Wildman–Crippen LogP) is 3.31. The van der Waals surface area contributed by atoms with Crippen molar-refractivity contribution in [3.63, 3.8) is 0 Å². The molecule has 0 aliphatic heterocycles. The van der Waals surface area contributed by atoms with Crippen LogP contribution in [0.3, 0.4) is 0 Å². The Hall–Kier alpha value is -2.21. The highest BCUT2D eigenvalue weighted by atomic mass is 79.9. The molecule has 110 valence electrons. The summed E-state index contributed by atoms with van der Waals surface area (Å²) in [5, 5.41) is 12.5. The number of nitrogens with two attached hydrogens (primary N) is 1. The first-order valence-electron chi connectivity index (χ1n) is 6.16. The van der Waals surface area contributed by atoms with Crippen LogP contribution >= 0.6 is 15.9 Å². The van der Waals surface area contributed by atoms with E-state index in [1.807, 2.05) is 13.0 Å². The molecule has 1 amide bonds. The number of hydrogen-bond acceptors (Lipinski definition) is 4. The van der Waals surface area contributed by atoms with Crippen LogP contribution in [0.15, 0.2) is 34.8 Å². The molecule has 0 aliphatic carbocycles. The van der Waals surface area contributed by atoms with Crippen LogP contribution in [0.2, 0.25) is 0 Å². The topological polar surface area (TPSA) is 84.6 Å². The van der Waals surface area contributed by atoms with E-state index in [1.54, 1.807) is 12.1 Å². The standard InChI is InChI=1S/C15H15BrN2O3/c1-8-5-9(16)6-12(17)14(8)18-15(20)11-7-10(21-2)3-4-13(11)19/h3-7,19H,17H2,1-2H3,(H,18,20). The smallest absolute Gasteiger partial charge is 0.259 e. The van der Waals surface area contributed by atoms with Gasteiger partial charge in [0.15, 0.2) is 0 Å². The summed E-state index contributed by atoms with van der Waals surface area (Å²) in [5.74, 6) is -0.0939. The predicted molar refractivity (Wildman–Crippen MR) is 85.9 cm³/mol. The number of nitrogen functional groups attached to an aromatic ring is 1. The van der Waals surface area contributed by atoms with Gasteiger partial charge in [-0.3, -0.25) is 4.79 Å². The Morgan fingerprint density at radius 1 is 1.33 bits per heavy atom. The summed E-state index contributed by atoms with van der Waals surface area (Å²) in [6.45, 7) is 1.84. The van der Waals surface area contributed by atoms with Crippen molar-refractivity contribution in [2.45, 2.75) is 6.92 Å². The third-order valence-corrected chi connectivity index (χ3v) is 3.48. The number of nitrogens with one attached hydrogen (secondary N) is 1. The first-order valence-corrected chi connectivity index (χ1v) is 6.95. The lowest BCUT2D eigenvalue weighted by atomic mass is 10.1. The summed E-state index contributed by atoms with van der Waals surface area (Å²) in [5.41, 5.74) is 7.81. The number of aryl methyl sites for hydroxylation is 1. The molecule has 0 fully saturated rings. The van der Waals surface area contributed by atoms with E-state index in [4.69, 9.17) is 10.5 Å². The van der Waals surface area contributed by atoms with Crippen LogP contribution in [-0.2, 0) is 0 Å². The molecular formula is C15H15BrN2O3. The number of halogens is 1. The largest absolute Gasteiger partial charge is 0.507 e. The zero-order chi connectivity index (χ0) is 15.6. The van der Waals surface area contributed by atoms with Crippen LogP contribution < -0.4 is 15.8 Å². The molecule has 0 spiro atoms. The van der Waals surface area contributed by atoms with Crippen LogP contribution in [0.5, 0.6) is 11.5 Å². The van der Waals surface area contributed by atoms with Crippen LogP contribution in [0.4, 0.5) is 11.4 Å². The van der Waals surface area contributed by atoms with Gasteiger partial charge in [-0.2, -0.15) is 0 Å². The number of hydrogen-bond donors (Lipinski definition) is 3.